The van der Waals surface area contributed by atoms with Crippen molar-refractivity contribution >= 4 is 12.3 Å². The molecule has 0 aromatic carbocycles. The maximum atomic E-state index is 11.3. The maximum Gasteiger partial charge on any atom is 0.345 e. The smallest absolute Gasteiger partial charge is 0.345 e. The van der Waals surface area contributed by atoms with Gasteiger partial charge in [0.1, 0.15) is 0 Å². The average Bonchev–Trinajstić information content (AvgIpc) is 1.65. The first kappa shape index (κ1) is 6.07. The first-order valence-corrected chi connectivity index (χ1v) is 1.50. The zero-order valence-corrected chi connectivity index (χ0v) is 3.30. The Kier molecular flexibility index (Phi) is 1.98. The molecule has 1 atom stereocenters. The Morgan fingerprint density at radius 2 is 2.29 bits per heavy atom. The van der Waals surface area contributed by atoms with Crippen molar-refractivity contribution in [3.8, 4) is 0 Å². The van der Waals surface area contributed by atoms with Crippen molar-refractivity contribution in [3.63, 3.8) is 0 Å². The number of halogens is 1. The Morgan fingerprint density at radius 3 is 2.29 bits per heavy atom. The molecule has 0 radical (unpaired) electrons. The van der Waals surface area contributed by atoms with Crippen LogP contribution in [0.4, 0.5) is 4.39 Å². The fourth-order valence-electron chi connectivity index (χ4n) is 0.0582. The van der Waals surface area contributed by atoms with Crippen molar-refractivity contribution < 1.29 is 19.1 Å². The summed E-state index contributed by atoms with van der Waals surface area (Å²) in [5.41, 5.74) is 0. The number of carbonyl (C=O) groups is 2. The summed E-state index contributed by atoms with van der Waals surface area (Å²) in [6.45, 7) is 0. The van der Waals surface area contributed by atoms with E-state index in [0.717, 1.165) is 0 Å². The van der Waals surface area contributed by atoms with E-state index in [2.05, 4.69) is 0 Å². The molecule has 3 nitrogen and oxygen atoms in total. The SMILES string of the molecule is O=C[C@H](F)C(=O)O. The summed E-state index contributed by atoms with van der Waals surface area (Å²) >= 11 is 0. The van der Waals surface area contributed by atoms with Crippen LogP contribution in [0.5, 0.6) is 0 Å². The lowest BCUT2D eigenvalue weighted by atomic mass is 10.4. The molecule has 0 aliphatic carbocycles. The van der Waals surface area contributed by atoms with Crippen molar-refractivity contribution in [2.45, 2.75) is 6.17 Å². The summed E-state index contributed by atoms with van der Waals surface area (Å²) in [6.07, 6.45) is -2.64. The number of aliphatic carboxylic acids is 1. The summed E-state index contributed by atoms with van der Waals surface area (Å²) in [5.74, 6) is -1.74. The van der Waals surface area contributed by atoms with Crippen LogP contribution in [0.25, 0.3) is 0 Å². The van der Waals surface area contributed by atoms with Crippen LogP contribution in [0, 0.1) is 0 Å². The number of aldehydes is 1. The van der Waals surface area contributed by atoms with E-state index >= 15 is 0 Å². The summed E-state index contributed by atoms with van der Waals surface area (Å²) in [4.78, 5) is 18.5. The van der Waals surface area contributed by atoms with Gasteiger partial charge in [-0.1, -0.05) is 0 Å². The van der Waals surface area contributed by atoms with Gasteiger partial charge in [0, 0.05) is 0 Å². The van der Waals surface area contributed by atoms with Gasteiger partial charge >= 0.3 is 5.97 Å². The second kappa shape index (κ2) is 2.28. The van der Waals surface area contributed by atoms with Crippen LogP contribution in [-0.2, 0) is 9.59 Å². The summed E-state index contributed by atoms with van der Waals surface area (Å²) in [5, 5.41) is 7.58. The number of alkyl halides is 1. The first-order valence-electron chi connectivity index (χ1n) is 1.50. The molecule has 0 saturated carbocycles. The second-order valence-corrected chi connectivity index (χ2v) is 0.876. The van der Waals surface area contributed by atoms with Crippen LogP contribution in [0.3, 0.4) is 0 Å². The predicted octanol–water partition coefficient (Wildman–Crippen LogP) is -0.392. The Morgan fingerprint density at radius 1 is 1.86 bits per heavy atom. The molecule has 0 spiro atoms. The third-order valence-electron chi connectivity index (χ3n) is 0.355. The highest BCUT2D eigenvalue weighted by Crippen LogP contribution is 1.81. The van der Waals surface area contributed by atoms with Crippen molar-refractivity contribution in [1.29, 1.82) is 0 Å². The van der Waals surface area contributed by atoms with Crippen LogP contribution in [-0.4, -0.2) is 23.5 Å². The molecule has 0 heterocycles. The van der Waals surface area contributed by atoms with Crippen molar-refractivity contribution in [2.75, 3.05) is 0 Å². The highest BCUT2D eigenvalue weighted by Gasteiger charge is 2.11. The number of rotatable bonds is 2. The van der Waals surface area contributed by atoms with E-state index < -0.39 is 12.1 Å². The zero-order chi connectivity index (χ0) is 5.86. The molecule has 0 aliphatic heterocycles. The van der Waals surface area contributed by atoms with Crippen LogP contribution in [0.15, 0.2) is 0 Å². The molecule has 0 saturated heterocycles. The molecule has 0 aromatic rings. The molecule has 0 aliphatic rings. The van der Waals surface area contributed by atoms with Gasteiger partial charge in [-0.25, -0.2) is 9.18 Å². The van der Waals surface area contributed by atoms with Crippen LogP contribution >= 0.6 is 0 Å². The van der Waals surface area contributed by atoms with Crippen LogP contribution in [0.2, 0.25) is 0 Å². The average molecular weight is 106 g/mol. The van der Waals surface area contributed by atoms with Crippen molar-refractivity contribution in [3.05, 3.63) is 0 Å². The summed E-state index contributed by atoms with van der Waals surface area (Å²) in [6, 6.07) is 0. The van der Waals surface area contributed by atoms with E-state index in [-0.39, 0.29) is 6.29 Å². The molecule has 0 rings (SSSR count). The van der Waals surface area contributed by atoms with Gasteiger partial charge in [-0.05, 0) is 0 Å². The zero-order valence-electron chi connectivity index (χ0n) is 3.30. The summed E-state index contributed by atoms with van der Waals surface area (Å²) in [7, 11) is 0. The third kappa shape index (κ3) is 1.86. The minimum Gasteiger partial charge on any atom is -0.479 e. The predicted molar refractivity (Wildman–Crippen MR) is 18.6 cm³/mol. The van der Waals surface area contributed by atoms with Gasteiger partial charge in [-0.2, -0.15) is 0 Å². The number of hydrogen-bond acceptors (Lipinski definition) is 2. The Hall–Kier alpha value is -0.930. The molecular formula is C3H3FO3. The monoisotopic (exact) mass is 106 g/mol. The third-order valence-corrected chi connectivity index (χ3v) is 0.355. The van der Waals surface area contributed by atoms with E-state index in [4.69, 9.17) is 5.11 Å². The van der Waals surface area contributed by atoms with E-state index in [1.54, 1.807) is 0 Å². The van der Waals surface area contributed by atoms with Gasteiger partial charge in [-0.15, -0.1) is 0 Å². The quantitative estimate of drug-likeness (QED) is 0.385. The molecular weight excluding hydrogens is 103 g/mol. The fourth-order valence-corrected chi connectivity index (χ4v) is 0.0582. The van der Waals surface area contributed by atoms with E-state index in [1.807, 2.05) is 0 Å². The molecule has 0 fully saturated rings. The molecule has 0 aromatic heterocycles. The largest absolute Gasteiger partial charge is 0.479 e. The lowest BCUT2D eigenvalue weighted by Gasteiger charge is -1.84. The Labute approximate surface area is 38.8 Å². The standard InChI is InChI=1S/C3H3FO3/c4-2(1-5)3(6)7/h1-2H,(H,6,7)/t2-/m0/s1. The second-order valence-electron chi connectivity index (χ2n) is 0.876. The lowest BCUT2D eigenvalue weighted by molar-refractivity contribution is -0.144. The van der Waals surface area contributed by atoms with Gasteiger partial charge in [-0.3, -0.25) is 4.79 Å². The molecule has 0 unspecified atom stereocenters. The van der Waals surface area contributed by atoms with Gasteiger partial charge < -0.3 is 5.11 Å². The molecule has 0 bridgehead atoms. The van der Waals surface area contributed by atoms with E-state index in [0.29, 0.717) is 0 Å². The number of carboxylic acid groups (broad SMARTS) is 1. The topological polar surface area (TPSA) is 54.4 Å². The van der Waals surface area contributed by atoms with Crippen molar-refractivity contribution in [2.24, 2.45) is 0 Å². The Bertz CT molecular complexity index is 90.2. The minimum absolute atomic E-state index is 0.275. The molecule has 1 N–H and O–H groups in total. The number of carboxylic acids is 1. The number of hydrogen-bond donors (Lipinski definition) is 1. The van der Waals surface area contributed by atoms with Crippen LogP contribution in [0.1, 0.15) is 0 Å². The molecule has 40 valence electrons. The van der Waals surface area contributed by atoms with E-state index in [9.17, 15) is 14.0 Å². The number of carbonyl (C=O) groups excluding carboxylic acids is 1. The molecule has 7 heavy (non-hydrogen) atoms. The van der Waals surface area contributed by atoms with Crippen molar-refractivity contribution in [1.82, 2.24) is 0 Å². The van der Waals surface area contributed by atoms with Gasteiger partial charge in [0.05, 0.1) is 0 Å². The lowest BCUT2D eigenvalue weighted by Crippen LogP contribution is -2.14. The summed E-state index contributed by atoms with van der Waals surface area (Å²) < 4.78 is 11.3. The van der Waals surface area contributed by atoms with Gasteiger partial charge in [0.2, 0.25) is 0 Å². The van der Waals surface area contributed by atoms with E-state index in [1.165, 1.54) is 0 Å². The van der Waals surface area contributed by atoms with Gasteiger partial charge in [0.15, 0.2) is 6.29 Å². The van der Waals surface area contributed by atoms with Gasteiger partial charge in [0.25, 0.3) is 6.17 Å². The molecule has 4 heteroatoms. The van der Waals surface area contributed by atoms with Crippen LogP contribution < -0.4 is 0 Å². The highest BCUT2D eigenvalue weighted by atomic mass is 19.1. The normalized spacial score (nSPS) is 12.7. The molecule has 0 amide bonds. The maximum absolute atomic E-state index is 11.3. The Balaban J connectivity index is 3.55. The highest BCUT2D eigenvalue weighted by molar-refractivity contribution is 5.89. The first-order chi connectivity index (χ1) is 3.18. The minimum atomic E-state index is -2.36. The fraction of sp³-hybridized carbons (Fsp3) is 0.333.